The van der Waals surface area contributed by atoms with E-state index in [0.717, 1.165) is 4.90 Å². The van der Waals surface area contributed by atoms with E-state index in [2.05, 4.69) is 37.9 Å². The third-order valence-electron chi connectivity index (χ3n) is 4.01. The summed E-state index contributed by atoms with van der Waals surface area (Å²) in [5.74, 6) is 0.691. The van der Waals surface area contributed by atoms with E-state index in [-0.39, 0.29) is 17.7 Å². The minimum absolute atomic E-state index is 0.269. The summed E-state index contributed by atoms with van der Waals surface area (Å²) in [5.41, 5.74) is 2.36. The Morgan fingerprint density at radius 2 is 1.96 bits per heavy atom. The maximum absolute atomic E-state index is 12.5. The van der Waals surface area contributed by atoms with Crippen LogP contribution in [-0.4, -0.2) is 5.91 Å². The molecule has 5 heteroatoms. The first-order valence-corrected chi connectivity index (χ1v) is 9.19. The van der Waals surface area contributed by atoms with E-state index < -0.39 is 0 Å². The Hall–Kier alpha value is -2.66. The molecule has 0 fully saturated rings. The third kappa shape index (κ3) is 4.11. The number of aryl methyl sites for hydroxylation is 2. The van der Waals surface area contributed by atoms with Crippen LogP contribution < -0.4 is 5.32 Å². The van der Waals surface area contributed by atoms with E-state index >= 15 is 0 Å². The van der Waals surface area contributed by atoms with Crippen LogP contribution in [0.15, 0.2) is 80.2 Å². The smallest absolute Gasteiger partial charge is 0.287 e. The number of hydrogen-bond donors (Lipinski definition) is 1. The second kappa shape index (κ2) is 8.15. The highest BCUT2D eigenvalue weighted by Gasteiger charge is 2.19. The Bertz CT molecular complexity index is 876. The molecular weight excluding hydrogens is 346 g/mol. The second-order valence-electron chi connectivity index (χ2n) is 6.01. The number of carbonyl (C=O) groups is 1. The number of furan rings is 2. The van der Waals surface area contributed by atoms with Gasteiger partial charge in [0.25, 0.3) is 5.91 Å². The lowest BCUT2D eigenvalue weighted by atomic mass is 10.1. The largest absolute Gasteiger partial charge is 0.467 e. The van der Waals surface area contributed by atoms with Crippen LogP contribution in [0.2, 0.25) is 0 Å². The van der Waals surface area contributed by atoms with Crippen LogP contribution in [0.25, 0.3) is 0 Å². The monoisotopic (exact) mass is 367 g/mol. The molecule has 1 N–H and O–H groups in total. The van der Waals surface area contributed by atoms with Crippen LogP contribution in [0.3, 0.4) is 0 Å². The summed E-state index contributed by atoms with van der Waals surface area (Å²) in [5, 5.41) is 3.62. The van der Waals surface area contributed by atoms with Crippen molar-refractivity contribution in [1.29, 1.82) is 0 Å². The van der Waals surface area contributed by atoms with E-state index in [1.807, 2.05) is 18.2 Å². The highest BCUT2D eigenvalue weighted by Crippen LogP contribution is 2.34. The molecule has 0 aliphatic rings. The zero-order valence-electron chi connectivity index (χ0n) is 14.8. The first-order chi connectivity index (χ1) is 12.6. The summed E-state index contributed by atoms with van der Waals surface area (Å²) < 4.78 is 11.1. The van der Waals surface area contributed by atoms with Crippen molar-refractivity contribution in [2.45, 2.75) is 36.3 Å². The molecule has 0 aliphatic carbocycles. The van der Waals surface area contributed by atoms with E-state index in [1.54, 1.807) is 24.5 Å². The van der Waals surface area contributed by atoms with E-state index in [9.17, 15) is 4.79 Å². The van der Waals surface area contributed by atoms with Crippen molar-refractivity contribution in [2.75, 3.05) is 0 Å². The van der Waals surface area contributed by atoms with Crippen LogP contribution in [0.5, 0.6) is 0 Å². The van der Waals surface area contributed by atoms with Crippen LogP contribution >= 0.6 is 11.8 Å². The van der Waals surface area contributed by atoms with Crippen molar-refractivity contribution in [3.63, 3.8) is 0 Å². The van der Waals surface area contributed by atoms with Gasteiger partial charge in [0.2, 0.25) is 0 Å². The number of amides is 1. The van der Waals surface area contributed by atoms with Gasteiger partial charge < -0.3 is 14.2 Å². The van der Waals surface area contributed by atoms with Crippen LogP contribution in [0.1, 0.15) is 39.9 Å². The molecule has 3 aromatic rings. The molecule has 0 bridgehead atoms. The normalized spacial score (nSPS) is 11.9. The first kappa shape index (κ1) is 18.1. The van der Waals surface area contributed by atoms with Crippen LogP contribution in [0.4, 0.5) is 0 Å². The molecule has 0 saturated heterocycles. The molecule has 2 heterocycles. The molecule has 0 saturated carbocycles. The van der Waals surface area contributed by atoms with Gasteiger partial charge in [0.05, 0.1) is 12.3 Å². The van der Waals surface area contributed by atoms with Crippen molar-refractivity contribution in [3.05, 3.63) is 84.0 Å². The minimum Gasteiger partial charge on any atom is -0.467 e. The van der Waals surface area contributed by atoms with Crippen LogP contribution in [-0.2, 0) is 0 Å². The molecule has 1 aromatic carbocycles. The van der Waals surface area contributed by atoms with E-state index in [4.69, 9.17) is 8.83 Å². The number of nitrogens with one attached hydrogen (secondary N) is 1. The van der Waals surface area contributed by atoms with Crippen LogP contribution in [0, 0.1) is 13.8 Å². The molecule has 0 radical (unpaired) electrons. The number of rotatable bonds is 7. The minimum atomic E-state index is -0.276. The Morgan fingerprint density at radius 3 is 2.62 bits per heavy atom. The molecule has 2 aromatic heterocycles. The second-order valence-corrected chi connectivity index (χ2v) is 7.02. The average molecular weight is 367 g/mol. The summed E-state index contributed by atoms with van der Waals surface area (Å²) in [6.07, 6.45) is 3.91. The average Bonchev–Trinajstić information content (AvgIpc) is 3.30. The Kier molecular flexibility index (Phi) is 5.68. The molecule has 0 aliphatic heterocycles. The molecule has 26 heavy (non-hydrogen) atoms. The lowest BCUT2D eigenvalue weighted by Crippen LogP contribution is -2.27. The summed E-state index contributed by atoms with van der Waals surface area (Å²) in [6, 6.07) is 13.0. The van der Waals surface area contributed by atoms with Gasteiger partial charge in [0.1, 0.15) is 5.76 Å². The zero-order chi connectivity index (χ0) is 18.5. The summed E-state index contributed by atoms with van der Waals surface area (Å²) in [7, 11) is 0. The molecule has 1 atom stereocenters. The Morgan fingerprint density at radius 1 is 1.19 bits per heavy atom. The van der Waals surface area contributed by atoms with Gasteiger partial charge in [0, 0.05) is 4.90 Å². The van der Waals surface area contributed by atoms with Crippen molar-refractivity contribution < 1.29 is 13.6 Å². The molecule has 0 spiro atoms. The summed E-state index contributed by atoms with van der Waals surface area (Å²) in [6.45, 7) is 7.87. The number of carbonyl (C=O) groups excluding carboxylic acids is 1. The van der Waals surface area contributed by atoms with Crippen molar-refractivity contribution >= 4 is 17.7 Å². The van der Waals surface area contributed by atoms with Gasteiger partial charge in [-0.05, 0) is 55.7 Å². The maximum atomic E-state index is 12.5. The van der Waals surface area contributed by atoms with Crippen molar-refractivity contribution in [3.8, 4) is 0 Å². The van der Waals surface area contributed by atoms with Crippen molar-refractivity contribution in [2.24, 2.45) is 0 Å². The topological polar surface area (TPSA) is 55.4 Å². The fourth-order valence-corrected chi connectivity index (χ4v) is 3.62. The zero-order valence-corrected chi connectivity index (χ0v) is 15.6. The Labute approximate surface area is 157 Å². The Balaban J connectivity index is 1.72. The molecule has 3 rings (SSSR count). The third-order valence-corrected chi connectivity index (χ3v) is 5.28. The lowest BCUT2D eigenvalue weighted by Gasteiger charge is -2.13. The fraction of sp³-hybridized carbons (Fsp3) is 0.190. The van der Waals surface area contributed by atoms with Gasteiger partial charge in [-0.15, -0.1) is 6.58 Å². The number of benzene rings is 1. The van der Waals surface area contributed by atoms with Crippen molar-refractivity contribution in [1.82, 2.24) is 5.32 Å². The van der Waals surface area contributed by atoms with E-state index in [1.165, 1.54) is 22.9 Å². The summed E-state index contributed by atoms with van der Waals surface area (Å²) in [4.78, 5) is 13.7. The molecular formula is C21H21NO3S. The molecule has 134 valence electrons. The van der Waals surface area contributed by atoms with E-state index in [0.29, 0.717) is 17.3 Å². The lowest BCUT2D eigenvalue weighted by molar-refractivity contribution is 0.0899. The predicted molar refractivity (Wildman–Crippen MR) is 102 cm³/mol. The standard InChI is InChI=1S/C21H21NO3S/c1-4-7-16(17-10-6-13-24-17)22-21(23)18-11-12-19(25-18)26-20-14(2)8-5-9-15(20)3/h4-6,8-13,16H,1,7H2,2-3H3,(H,22,23). The van der Waals surface area contributed by atoms with Gasteiger partial charge >= 0.3 is 0 Å². The summed E-state index contributed by atoms with van der Waals surface area (Å²) >= 11 is 1.52. The first-order valence-electron chi connectivity index (χ1n) is 8.37. The number of hydrogen-bond acceptors (Lipinski definition) is 4. The van der Waals surface area contributed by atoms with Gasteiger partial charge in [-0.1, -0.05) is 36.0 Å². The fourth-order valence-electron chi connectivity index (χ4n) is 2.69. The quantitative estimate of drug-likeness (QED) is 0.545. The van der Waals surface area contributed by atoms with Gasteiger partial charge in [-0.2, -0.15) is 0 Å². The maximum Gasteiger partial charge on any atom is 0.287 e. The molecule has 1 unspecified atom stereocenters. The predicted octanol–water partition coefficient (Wildman–Crippen LogP) is 5.69. The van der Waals surface area contributed by atoms with Gasteiger partial charge in [-0.25, -0.2) is 0 Å². The SMILES string of the molecule is C=CCC(NC(=O)c1ccc(Sc2c(C)cccc2C)o1)c1ccco1. The van der Waals surface area contributed by atoms with Gasteiger partial charge in [0.15, 0.2) is 10.9 Å². The highest BCUT2D eigenvalue weighted by molar-refractivity contribution is 7.99. The van der Waals surface area contributed by atoms with Gasteiger partial charge in [-0.3, -0.25) is 4.79 Å². The molecule has 4 nitrogen and oxygen atoms in total. The molecule has 1 amide bonds. The highest BCUT2D eigenvalue weighted by atomic mass is 32.2.